The number of hydrogen-bond donors (Lipinski definition) is 0. The van der Waals surface area contributed by atoms with Gasteiger partial charge < -0.3 is 0 Å². The standard InChI is InChI=1S/C8H7N.C2H6/c1-7-3-2-4-8(5-7)6-9;1-2/h2-5H,1H3;1-2H3. The van der Waals surface area contributed by atoms with Gasteiger partial charge in [-0.1, -0.05) is 26.0 Å². The molecule has 58 valence electrons. The van der Waals surface area contributed by atoms with Crippen molar-refractivity contribution in [2.45, 2.75) is 20.8 Å². The Morgan fingerprint density at radius 2 is 1.91 bits per heavy atom. The van der Waals surface area contributed by atoms with Gasteiger partial charge >= 0.3 is 0 Å². The number of aryl methyl sites for hydroxylation is 1. The normalized spacial score (nSPS) is 7.45. The fraction of sp³-hybridized carbons (Fsp3) is 0.300. The van der Waals surface area contributed by atoms with Crippen molar-refractivity contribution < 1.29 is 0 Å². The summed E-state index contributed by atoms with van der Waals surface area (Å²) < 4.78 is 0. The van der Waals surface area contributed by atoms with E-state index in [-0.39, 0.29) is 0 Å². The van der Waals surface area contributed by atoms with Gasteiger partial charge in [-0.3, -0.25) is 0 Å². The summed E-state index contributed by atoms with van der Waals surface area (Å²) in [6.07, 6.45) is 0. The van der Waals surface area contributed by atoms with E-state index < -0.39 is 0 Å². The fourth-order valence-electron chi connectivity index (χ4n) is 0.715. The molecule has 0 amide bonds. The van der Waals surface area contributed by atoms with Gasteiger partial charge in [-0.05, 0) is 24.6 Å². The van der Waals surface area contributed by atoms with E-state index in [2.05, 4.69) is 6.07 Å². The first-order chi connectivity index (χ1) is 5.33. The van der Waals surface area contributed by atoms with Crippen LogP contribution in [0.3, 0.4) is 0 Å². The monoisotopic (exact) mass is 147 g/mol. The van der Waals surface area contributed by atoms with E-state index in [4.69, 9.17) is 5.26 Å². The Balaban J connectivity index is 0.000000461. The SMILES string of the molecule is CC.Cc1cccc(C#N)c1. The van der Waals surface area contributed by atoms with Crippen molar-refractivity contribution in [2.24, 2.45) is 0 Å². The van der Waals surface area contributed by atoms with Crippen LogP contribution in [-0.4, -0.2) is 0 Å². The number of nitriles is 1. The summed E-state index contributed by atoms with van der Waals surface area (Å²) in [5.41, 5.74) is 1.86. The molecule has 0 aliphatic carbocycles. The molecule has 0 radical (unpaired) electrons. The quantitative estimate of drug-likeness (QED) is 0.553. The summed E-state index contributed by atoms with van der Waals surface area (Å²) >= 11 is 0. The third-order valence-electron chi connectivity index (χ3n) is 1.15. The second-order valence-corrected chi connectivity index (χ2v) is 1.98. The first-order valence-corrected chi connectivity index (χ1v) is 3.79. The van der Waals surface area contributed by atoms with Crippen LogP contribution in [0.5, 0.6) is 0 Å². The highest BCUT2D eigenvalue weighted by Gasteiger charge is 1.86. The Bertz CT molecular complexity index is 245. The van der Waals surface area contributed by atoms with Crippen molar-refractivity contribution in [1.29, 1.82) is 5.26 Å². The molecule has 0 heterocycles. The Kier molecular flexibility index (Phi) is 4.85. The molecule has 0 aliphatic heterocycles. The predicted molar refractivity (Wildman–Crippen MR) is 47.2 cm³/mol. The lowest BCUT2D eigenvalue weighted by Crippen LogP contribution is -1.73. The average Bonchev–Trinajstić information content (AvgIpc) is 2.08. The van der Waals surface area contributed by atoms with E-state index >= 15 is 0 Å². The Morgan fingerprint density at radius 3 is 2.27 bits per heavy atom. The minimum atomic E-state index is 0.731. The maximum atomic E-state index is 8.41. The highest BCUT2D eigenvalue weighted by atomic mass is 14.2. The van der Waals surface area contributed by atoms with Crippen molar-refractivity contribution in [1.82, 2.24) is 0 Å². The van der Waals surface area contributed by atoms with Crippen LogP contribution in [0.2, 0.25) is 0 Å². The van der Waals surface area contributed by atoms with Crippen LogP contribution in [0, 0.1) is 18.3 Å². The molecule has 1 heteroatoms. The number of rotatable bonds is 0. The van der Waals surface area contributed by atoms with Crippen molar-refractivity contribution in [3.63, 3.8) is 0 Å². The van der Waals surface area contributed by atoms with E-state index in [1.807, 2.05) is 39.0 Å². The van der Waals surface area contributed by atoms with E-state index in [9.17, 15) is 0 Å². The van der Waals surface area contributed by atoms with Gasteiger partial charge in [-0.2, -0.15) is 5.26 Å². The molecule has 1 rings (SSSR count). The fourth-order valence-corrected chi connectivity index (χ4v) is 0.715. The molecule has 1 nitrogen and oxygen atoms in total. The summed E-state index contributed by atoms with van der Waals surface area (Å²) in [7, 11) is 0. The second kappa shape index (κ2) is 5.49. The van der Waals surface area contributed by atoms with Crippen LogP contribution in [0.15, 0.2) is 24.3 Å². The van der Waals surface area contributed by atoms with Gasteiger partial charge in [0.05, 0.1) is 11.6 Å². The van der Waals surface area contributed by atoms with Crippen molar-refractivity contribution in [3.8, 4) is 6.07 Å². The summed E-state index contributed by atoms with van der Waals surface area (Å²) in [6, 6.07) is 9.58. The minimum Gasteiger partial charge on any atom is -0.192 e. The Hall–Kier alpha value is -1.29. The van der Waals surface area contributed by atoms with E-state index in [1.54, 1.807) is 6.07 Å². The molecular weight excluding hydrogens is 134 g/mol. The summed E-state index contributed by atoms with van der Waals surface area (Å²) in [6.45, 7) is 5.97. The third kappa shape index (κ3) is 3.42. The molecule has 0 atom stereocenters. The number of hydrogen-bond acceptors (Lipinski definition) is 1. The molecule has 0 aliphatic rings. The smallest absolute Gasteiger partial charge is 0.0991 e. The van der Waals surface area contributed by atoms with E-state index in [1.165, 1.54) is 0 Å². The van der Waals surface area contributed by atoms with Gasteiger partial charge in [-0.25, -0.2) is 0 Å². The average molecular weight is 147 g/mol. The van der Waals surface area contributed by atoms with Crippen LogP contribution >= 0.6 is 0 Å². The van der Waals surface area contributed by atoms with Crippen LogP contribution in [0.1, 0.15) is 25.0 Å². The molecule has 0 spiro atoms. The zero-order valence-electron chi connectivity index (χ0n) is 7.26. The molecule has 0 N–H and O–H groups in total. The first kappa shape index (κ1) is 9.71. The van der Waals surface area contributed by atoms with Crippen molar-refractivity contribution in [3.05, 3.63) is 35.4 Å². The summed E-state index contributed by atoms with van der Waals surface area (Å²) in [5, 5.41) is 8.41. The van der Waals surface area contributed by atoms with E-state index in [0.717, 1.165) is 11.1 Å². The maximum absolute atomic E-state index is 8.41. The largest absolute Gasteiger partial charge is 0.192 e. The molecule has 1 aromatic rings. The highest BCUT2D eigenvalue weighted by molar-refractivity contribution is 5.31. The van der Waals surface area contributed by atoms with Crippen LogP contribution in [0.25, 0.3) is 0 Å². The molecular formula is C10H13N. The zero-order chi connectivity index (χ0) is 8.69. The van der Waals surface area contributed by atoms with Crippen LogP contribution in [0.4, 0.5) is 0 Å². The molecule has 0 unspecified atom stereocenters. The number of nitrogens with zero attached hydrogens (tertiary/aromatic N) is 1. The summed E-state index contributed by atoms with van der Waals surface area (Å²) in [5.74, 6) is 0. The van der Waals surface area contributed by atoms with Gasteiger partial charge in [0, 0.05) is 0 Å². The molecule has 0 fully saturated rings. The highest BCUT2D eigenvalue weighted by Crippen LogP contribution is 2.00. The Morgan fingerprint density at radius 1 is 1.27 bits per heavy atom. The molecule has 0 saturated carbocycles. The predicted octanol–water partition coefficient (Wildman–Crippen LogP) is 2.89. The summed E-state index contributed by atoms with van der Waals surface area (Å²) in [4.78, 5) is 0. The van der Waals surface area contributed by atoms with Crippen LogP contribution in [-0.2, 0) is 0 Å². The second-order valence-electron chi connectivity index (χ2n) is 1.98. The van der Waals surface area contributed by atoms with Crippen LogP contribution < -0.4 is 0 Å². The lowest BCUT2D eigenvalue weighted by molar-refractivity contribution is 1.42. The Labute approximate surface area is 68.3 Å². The molecule has 1 aromatic carbocycles. The molecule has 11 heavy (non-hydrogen) atoms. The van der Waals surface area contributed by atoms with Gasteiger partial charge in [-0.15, -0.1) is 0 Å². The van der Waals surface area contributed by atoms with Gasteiger partial charge in [0.1, 0.15) is 0 Å². The van der Waals surface area contributed by atoms with Gasteiger partial charge in [0.15, 0.2) is 0 Å². The zero-order valence-corrected chi connectivity index (χ0v) is 7.26. The molecule has 0 aromatic heterocycles. The third-order valence-corrected chi connectivity index (χ3v) is 1.15. The maximum Gasteiger partial charge on any atom is 0.0991 e. The number of benzene rings is 1. The van der Waals surface area contributed by atoms with Crippen molar-refractivity contribution >= 4 is 0 Å². The molecule has 0 bridgehead atoms. The lowest BCUT2D eigenvalue weighted by Gasteiger charge is -1.88. The van der Waals surface area contributed by atoms with Gasteiger partial charge in [0.25, 0.3) is 0 Å². The topological polar surface area (TPSA) is 23.8 Å². The van der Waals surface area contributed by atoms with Crippen molar-refractivity contribution in [2.75, 3.05) is 0 Å². The first-order valence-electron chi connectivity index (χ1n) is 3.79. The molecule has 0 saturated heterocycles. The van der Waals surface area contributed by atoms with E-state index in [0.29, 0.717) is 0 Å². The lowest BCUT2D eigenvalue weighted by atomic mass is 10.2. The minimum absolute atomic E-state index is 0.731. The van der Waals surface area contributed by atoms with Gasteiger partial charge in [0.2, 0.25) is 0 Å².